The molecule has 34 heavy (non-hydrogen) atoms. The molecule has 0 radical (unpaired) electrons. The minimum absolute atomic E-state index is 0.555. The zero-order valence-corrected chi connectivity index (χ0v) is 20.3. The third-order valence-corrected chi connectivity index (χ3v) is 5.87. The number of H-pyrrole nitrogens is 1. The maximum absolute atomic E-state index is 6.70. The molecule has 1 N–H and O–H groups in total. The summed E-state index contributed by atoms with van der Waals surface area (Å²) in [5, 5.41) is 10.1. The first-order valence-electron chi connectivity index (χ1n) is 10.8. The lowest BCUT2D eigenvalue weighted by Crippen LogP contribution is -2.39. The highest BCUT2D eigenvalue weighted by Gasteiger charge is 2.27. The van der Waals surface area contributed by atoms with Crippen molar-refractivity contribution >= 4 is 28.3 Å². The second-order valence-electron chi connectivity index (χ2n) is 7.69. The van der Waals surface area contributed by atoms with Crippen LogP contribution in [0.1, 0.15) is 5.69 Å². The van der Waals surface area contributed by atoms with Gasteiger partial charge in [0.2, 0.25) is 0 Å². The lowest BCUT2D eigenvalue weighted by atomic mass is 10.0. The summed E-state index contributed by atoms with van der Waals surface area (Å²) >= 11 is 6.70. The summed E-state index contributed by atoms with van der Waals surface area (Å²) in [7, 11) is 3.25. The number of benzene rings is 2. The van der Waals surface area contributed by atoms with Gasteiger partial charge in [0.25, 0.3) is 0 Å². The summed E-state index contributed by atoms with van der Waals surface area (Å²) in [6, 6.07) is 13.7. The van der Waals surface area contributed by atoms with E-state index in [-0.39, 0.29) is 0 Å². The van der Waals surface area contributed by atoms with Crippen LogP contribution in [-0.2, 0) is 0 Å². The van der Waals surface area contributed by atoms with Crippen molar-refractivity contribution in [2.24, 2.45) is 0 Å². The summed E-state index contributed by atoms with van der Waals surface area (Å²) in [6.07, 6.45) is 3.62. The van der Waals surface area contributed by atoms with Gasteiger partial charge >= 0.3 is 11.9 Å². The van der Waals surface area contributed by atoms with E-state index in [1.807, 2.05) is 64.9 Å². The smallest absolute Gasteiger partial charge is 0.424 e. The number of hydrogen-bond donors (Lipinski definition) is 1. The largest absolute Gasteiger partial charge is 0.493 e. The number of pyridine rings is 1. The number of aromatic amines is 1. The summed E-state index contributed by atoms with van der Waals surface area (Å²) in [5.41, 5.74) is 2.66. The molecule has 0 saturated heterocycles. The predicted molar refractivity (Wildman–Crippen MR) is 136 cm³/mol. The van der Waals surface area contributed by atoms with Gasteiger partial charge in [0, 0.05) is 24.0 Å². The number of ether oxygens (including phenoxy) is 2. The van der Waals surface area contributed by atoms with Crippen LogP contribution in [0.4, 0.5) is 5.95 Å². The number of aromatic nitrogens is 4. The van der Waals surface area contributed by atoms with Crippen molar-refractivity contribution < 1.29 is 14.0 Å². The van der Waals surface area contributed by atoms with Crippen LogP contribution in [0.2, 0.25) is 5.02 Å². The average molecular weight is 477 g/mol. The van der Waals surface area contributed by atoms with E-state index in [4.69, 9.17) is 26.1 Å². The number of hydrogen-bond acceptors (Lipinski definition) is 5. The number of nitrogens with one attached hydrogen (secondary N) is 1. The molecule has 2 aromatic heterocycles. The Kier molecular flexibility index (Phi) is 6.84. The molecule has 4 aromatic rings. The Labute approximate surface area is 203 Å². The Morgan fingerprint density at radius 1 is 1.06 bits per heavy atom. The number of rotatable bonds is 9. The van der Waals surface area contributed by atoms with E-state index >= 15 is 0 Å². The van der Waals surface area contributed by atoms with Gasteiger partial charge in [0.05, 0.1) is 24.9 Å². The van der Waals surface area contributed by atoms with Crippen LogP contribution in [0.3, 0.4) is 0 Å². The van der Waals surface area contributed by atoms with Crippen molar-refractivity contribution in [3.63, 3.8) is 0 Å². The van der Waals surface area contributed by atoms with Crippen molar-refractivity contribution in [2.45, 2.75) is 6.92 Å². The molecule has 174 valence electrons. The summed E-state index contributed by atoms with van der Waals surface area (Å²) < 4.78 is 13.2. The van der Waals surface area contributed by atoms with Crippen LogP contribution >= 0.6 is 11.6 Å². The first kappa shape index (κ1) is 23.3. The van der Waals surface area contributed by atoms with E-state index in [1.165, 1.54) is 0 Å². The second kappa shape index (κ2) is 9.97. The maximum atomic E-state index is 6.70. The van der Waals surface area contributed by atoms with Crippen molar-refractivity contribution in [3.8, 4) is 28.7 Å². The van der Waals surface area contributed by atoms with Crippen molar-refractivity contribution in [1.29, 1.82) is 0 Å². The molecule has 0 aliphatic carbocycles. The van der Waals surface area contributed by atoms with Gasteiger partial charge in [-0.1, -0.05) is 41.0 Å². The Hall–Kier alpha value is -3.84. The quantitative estimate of drug-likeness (QED) is 0.270. The minimum atomic E-state index is 0.555. The first-order chi connectivity index (χ1) is 16.5. The monoisotopic (exact) mass is 476 g/mol. The van der Waals surface area contributed by atoms with E-state index in [2.05, 4.69) is 29.4 Å². The van der Waals surface area contributed by atoms with Crippen molar-refractivity contribution in [3.05, 3.63) is 78.5 Å². The van der Waals surface area contributed by atoms with Gasteiger partial charge in [-0.25, -0.2) is 0 Å². The fourth-order valence-corrected chi connectivity index (χ4v) is 4.26. The van der Waals surface area contributed by atoms with Crippen LogP contribution in [0.5, 0.6) is 11.5 Å². The Morgan fingerprint density at radius 3 is 2.38 bits per heavy atom. The van der Waals surface area contributed by atoms with E-state index in [0.717, 1.165) is 27.7 Å². The summed E-state index contributed by atoms with van der Waals surface area (Å²) in [4.78, 5) is 6.78. The van der Waals surface area contributed by atoms with Gasteiger partial charge in [-0.15, -0.1) is 18.3 Å². The van der Waals surface area contributed by atoms with E-state index in [9.17, 15) is 0 Å². The SMILES string of the molecule is C=CCN(CC=C)c1n[nH]c(-[n+]2c(C)cc3cc(OC)c(OC)cc3c2-c2ccccc2Cl)n1. The molecule has 8 heteroatoms. The molecule has 2 heterocycles. The molecule has 2 aromatic carbocycles. The highest BCUT2D eigenvalue weighted by Crippen LogP contribution is 2.38. The van der Waals surface area contributed by atoms with E-state index in [1.54, 1.807) is 14.2 Å². The van der Waals surface area contributed by atoms with Crippen LogP contribution < -0.4 is 18.9 Å². The van der Waals surface area contributed by atoms with Crippen molar-refractivity contribution in [1.82, 2.24) is 15.2 Å². The highest BCUT2D eigenvalue weighted by molar-refractivity contribution is 6.33. The van der Waals surface area contributed by atoms with E-state index < -0.39 is 0 Å². The summed E-state index contributed by atoms with van der Waals surface area (Å²) in [6.45, 7) is 10.9. The normalized spacial score (nSPS) is 10.8. The maximum Gasteiger partial charge on any atom is 0.424 e. The van der Waals surface area contributed by atoms with Crippen LogP contribution in [0, 0.1) is 6.92 Å². The van der Waals surface area contributed by atoms with Crippen LogP contribution in [-0.4, -0.2) is 42.5 Å². The predicted octanol–water partition coefficient (Wildman–Crippen LogP) is 5.06. The van der Waals surface area contributed by atoms with Gasteiger partial charge in [-0.3, -0.25) is 0 Å². The molecule has 0 fully saturated rings. The van der Waals surface area contributed by atoms with Gasteiger partial charge in [-0.2, -0.15) is 4.57 Å². The molecular weight excluding hydrogens is 450 g/mol. The molecule has 0 spiro atoms. The zero-order valence-electron chi connectivity index (χ0n) is 19.5. The summed E-state index contributed by atoms with van der Waals surface area (Å²) in [5.74, 6) is 2.40. The number of aryl methyl sites for hydroxylation is 1. The number of nitrogens with zero attached hydrogens (tertiary/aromatic N) is 4. The number of fused-ring (bicyclic) bond motifs is 1. The fraction of sp³-hybridized carbons (Fsp3) is 0.192. The topological polar surface area (TPSA) is 67.2 Å². The molecule has 0 bridgehead atoms. The molecule has 0 aliphatic rings. The molecular formula is C26H27ClN5O2+. The van der Waals surface area contributed by atoms with Crippen LogP contribution in [0.25, 0.3) is 28.0 Å². The molecule has 4 rings (SSSR count). The van der Waals surface area contributed by atoms with Crippen molar-refractivity contribution in [2.75, 3.05) is 32.2 Å². The Bertz CT molecular complexity index is 1360. The highest BCUT2D eigenvalue weighted by atomic mass is 35.5. The zero-order chi connectivity index (χ0) is 24.2. The van der Waals surface area contributed by atoms with Gasteiger partial charge in [0.15, 0.2) is 11.5 Å². The molecule has 0 unspecified atom stereocenters. The lowest BCUT2D eigenvalue weighted by molar-refractivity contribution is -0.597. The Morgan fingerprint density at radius 2 is 1.74 bits per heavy atom. The standard InChI is InChI=1S/C26H27ClN5O2/c1-6-12-31(13-7-2)25-28-26(30-29-25)32-17(3)14-18-15-22(33-4)23(34-5)16-20(18)24(32)19-10-8-9-11-21(19)27/h6-11,14-16H,1-2,12-13H2,3-5H3,(H,28,29,30)/q+1. The van der Waals surface area contributed by atoms with Gasteiger partial charge < -0.3 is 14.4 Å². The first-order valence-corrected chi connectivity index (χ1v) is 11.2. The minimum Gasteiger partial charge on any atom is -0.493 e. The second-order valence-corrected chi connectivity index (χ2v) is 8.09. The number of methoxy groups -OCH3 is 2. The third kappa shape index (κ3) is 4.22. The lowest BCUT2D eigenvalue weighted by Gasteiger charge is -2.16. The Balaban J connectivity index is 2.03. The third-order valence-electron chi connectivity index (χ3n) is 5.54. The number of halogens is 1. The molecule has 0 saturated carbocycles. The molecule has 0 aliphatic heterocycles. The molecule has 0 amide bonds. The average Bonchev–Trinajstić information content (AvgIpc) is 3.32. The van der Waals surface area contributed by atoms with Gasteiger partial charge in [0.1, 0.15) is 5.69 Å². The molecule has 0 atom stereocenters. The molecule has 7 nitrogen and oxygen atoms in total. The van der Waals surface area contributed by atoms with Crippen LogP contribution in [0.15, 0.2) is 67.8 Å². The fourth-order valence-electron chi connectivity index (χ4n) is 4.03. The number of anilines is 1. The van der Waals surface area contributed by atoms with E-state index in [0.29, 0.717) is 41.5 Å². The van der Waals surface area contributed by atoms with Gasteiger partial charge in [-0.05, 0) is 47.6 Å².